The molecule has 0 unspecified atom stereocenters. The van der Waals surface area contributed by atoms with E-state index in [-0.39, 0.29) is 11.8 Å². The van der Waals surface area contributed by atoms with Gasteiger partial charge in [-0.15, -0.1) is 0 Å². The Hall–Kier alpha value is -1.30. The lowest BCUT2D eigenvalue weighted by Gasteiger charge is -2.11. The molecule has 0 bridgehead atoms. The van der Waals surface area contributed by atoms with Crippen LogP contribution in [0.25, 0.3) is 0 Å². The highest BCUT2D eigenvalue weighted by Gasteiger charge is 2.34. The summed E-state index contributed by atoms with van der Waals surface area (Å²) in [5.74, 6) is -1.79. The molecule has 1 aromatic rings. The van der Waals surface area contributed by atoms with E-state index in [9.17, 15) is 22.4 Å². The van der Waals surface area contributed by atoms with Crippen LogP contribution in [0.5, 0.6) is 0 Å². The van der Waals surface area contributed by atoms with Crippen molar-refractivity contribution in [3.05, 3.63) is 28.5 Å². The van der Waals surface area contributed by atoms with Gasteiger partial charge in [-0.05, 0) is 12.1 Å². The van der Waals surface area contributed by atoms with Gasteiger partial charge in [-0.1, -0.05) is 11.6 Å². The van der Waals surface area contributed by atoms with E-state index in [1.54, 1.807) is 0 Å². The number of hydrogen-bond acceptors (Lipinski definition) is 1. The van der Waals surface area contributed by atoms with E-state index in [0.717, 1.165) is 13.0 Å². The van der Waals surface area contributed by atoms with Gasteiger partial charge >= 0.3 is 6.18 Å². The predicted molar refractivity (Wildman–Crippen MR) is 50.7 cm³/mol. The van der Waals surface area contributed by atoms with Crippen LogP contribution in [-0.4, -0.2) is 5.91 Å². The van der Waals surface area contributed by atoms with Crippen molar-refractivity contribution in [3.8, 4) is 0 Å². The van der Waals surface area contributed by atoms with Crippen molar-refractivity contribution < 1.29 is 22.4 Å². The number of benzene rings is 1. The number of amides is 1. The molecule has 1 amide bonds. The van der Waals surface area contributed by atoms with Crippen molar-refractivity contribution >= 4 is 23.2 Å². The third-order valence-corrected chi connectivity index (χ3v) is 1.99. The van der Waals surface area contributed by atoms with Crippen LogP contribution < -0.4 is 5.32 Å². The SMILES string of the molecule is CC(=O)Nc1cc(Cl)c(C(F)(F)F)cc1F. The number of hydrogen-bond donors (Lipinski definition) is 1. The van der Waals surface area contributed by atoms with Gasteiger partial charge in [0.2, 0.25) is 5.91 Å². The molecule has 0 spiro atoms. The number of halogens is 5. The molecule has 7 heteroatoms. The molecule has 16 heavy (non-hydrogen) atoms. The minimum absolute atomic E-state index is 0.244. The first-order valence-corrected chi connectivity index (χ1v) is 4.43. The Morgan fingerprint density at radius 1 is 1.38 bits per heavy atom. The summed E-state index contributed by atoms with van der Waals surface area (Å²) in [6.45, 7) is 1.10. The molecule has 0 radical (unpaired) electrons. The van der Waals surface area contributed by atoms with Crippen LogP contribution in [0.1, 0.15) is 12.5 Å². The first-order valence-electron chi connectivity index (χ1n) is 4.05. The van der Waals surface area contributed by atoms with Crippen molar-refractivity contribution in [1.29, 1.82) is 0 Å². The van der Waals surface area contributed by atoms with E-state index in [0.29, 0.717) is 0 Å². The van der Waals surface area contributed by atoms with E-state index in [2.05, 4.69) is 0 Å². The number of rotatable bonds is 1. The van der Waals surface area contributed by atoms with Crippen molar-refractivity contribution in [3.63, 3.8) is 0 Å². The van der Waals surface area contributed by atoms with Gasteiger partial charge in [0.1, 0.15) is 5.82 Å². The number of carbonyl (C=O) groups excluding carboxylic acids is 1. The Morgan fingerprint density at radius 3 is 2.38 bits per heavy atom. The zero-order chi connectivity index (χ0) is 12.5. The lowest BCUT2D eigenvalue weighted by atomic mass is 10.2. The second-order valence-electron chi connectivity index (χ2n) is 2.99. The lowest BCUT2D eigenvalue weighted by molar-refractivity contribution is -0.137. The number of anilines is 1. The highest BCUT2D eigenvalue weighted by molar-refractivity contribution is 6.31. The number of carbonyl (C=O) groups is 1. The quantitative estimate of drug-likeness (QED) is 0.765. The summed E-state index contributed by atoms with van der Waals surface area (Å²) in [4.78, 5) is 10.6. The van der Waals surface area contributed by atoms with E-state index in [4.69, 9.17) is 11.6 Å². The molecule has 0 saturated heterocycles. The van der Waals surface area contributed by atoms with Crippen LogP contribution in [0.15, 0.2) is 12.1 Å². The molecule has 0 saturated carbocycles. The second-order valence-corrected chi connectivity index (χ2v) is 3.40. The first-order chi connectivity index (χ1) is 7.21. The van der Waals surface area contributed by atoms with E-state index in [1.807, 2.05) is 5.32 Å². The third-order valence-electron chi connectivity index (χ3n) is 1.67. The Kier molecular flexibility index (Phi) is 3.42. The summed E-state index contributed by atoms with van der Waals surface area (Å²) in [6.07, 6.45) is -4.73. The molecule has 0 aliphatic heterocycles. The molecule has 2 nitrogen and oxygen atoms in total. The molecule has 0 aromatic heterocycles. The van der Waals surface area contributed by atoms with Gasteiger partial charge < -0.3 is 5.32 Å². The van der Waals surface area contributed by atoms with E-state index >= 15 is 0 Å². The van der Waals surface area contributed by atoms with Crippen LogP contribution in [0, 0.1) is 5.82 Å². The Labute approximate surface area is 93.2 Å². The molecule has 0 heterocycles. The fourth-order valence-electron chi connectivity index (χ4n) is 1.05. The van der Waals surface area contributed by atoms with Crippen LogP contribution >= 0.6 is 11.6 Å². The summed E-state index contributed by atoms with van der Waals surface area (Å²) < 4.78 is 50.0. The van der Waals surface area contributed by atoms with E-state index < -0.39 is 28.5 Å². The summed E-state index contributed by atoms with van der Waals surface area (Å²) in [5.41, 5.74) is -1.66. The highest BCUT2D eigenvalue weighted by atomic mass is 35.5. The molecule has 1 rings (SSSR count). The number of alkyl halides is 3. The first kappa shape index (κ1) is 12.8. The average molecular weight is 256 g/mol. The van der Waals surface area contributed by atoms with Crippen molar-refractivity contribution in [2.24, 2.45) is 0 Å². The zero-order valence-corrected chi connectivity index (χ0v) is 8.71. The standard InChI is InChI=1S/C9H6ClF4NO/c1-4(16)15-8-3-6(10)5(2-7(8)11)9(12,13)14/h2-3H,1H3,(H,15,16). The fourth-order valence-corrected chi connectivity index (χ4v) is 1.32. The van der Waals surface area contributed by atoms with Crippen LogP contribution in [0.2, 0.25) is 5.02 Å². The van der Waals surface area contributed by atoms with Crippen LogP contribution in [0.4, 0.5) is 23.2 Å². The summed E-state index contributed by atoms with van der Waals surface area (Å²) in [5, 5.41) is 1.36. The van der Waals surface area contributed by atoms with Gasteiger partial charge in [0.05, 0.1) is 16.3 Å². The fraction of sp³-hybridized carbons (Fsp3) is 0.222. The molecule has 0 fully saturated rings. The molecular weight excluding hydrogens is 250 g/mol. The molecule has 0 aliphatic rings. The largest absolute Gasteiger partial charge is 0.417 e. The predicted octanol–water partition coefficient (Wildman–Crippen LogP) is 3.46. The van der Waals surface area contributed by atoms with E-state index in [1.165, 1.54) is 0 Å². The Balaban J connectivity index is 3.22. The summed E-state index contributed by atoms with van der Waals surface area (Å²) in [6, 6.07) is 0.967. The minimum atomic E-state index is -4.73. The van der Waals surface area contributed by atoms with Crippen LogP contribution in [-0.2, 0) is 11.0 Å². The monoisotopic (exact) mass is 255 g/mol. The molecule has 0 aliphatic carbocycles. The maximum absolute atomic E-state index is 13.1. The number of nitrogens with one attached hydrogen (secondary N) is 1. The highest BCUT2D eigenvalue weighted by Crippen LogP contribution is 2.37. The minimum Gasteiger partial charge on any atom is -0.324 e. The summed E-state index contributed by atoms with van der Waals surface area (Å²) in [7, 11) is 0. The maximum Gasteiger partial charge on any atom is 0.417 e. The zero-order valence-electron chi connectivity index (χ0n) is 7.95. The average Bonchev–Trinajstić information content (AvgIpc) is 2.07. The van der Waals surface area contributed by atoms with Gasteiger partial charge in [-0.3, -0.25) is 4.79 Å². The van der Waals surface area contributed by atoms with Gasteiger partial charge in [-0.2, -0.15) is 13.2 Å². The summed E-state index contributed by atoms with van der Waals surface area (Å²) >= 11 is 5.33. The maximum atomic E-state index is 13.1. The third kappa shape index (κ3) is 2.85. The van der Waals surface area contributed by atoms with Crippen molar-refractivity contribution in [2.75, 3.05) is 5.32 Å². The van der Waals surface area contributed by atoms with Crippen LogP contribution in [0.3, 0.4) is 0 Å². The molecule has 0 atom stereocenters. The van der Waals surface area contributed by atoms with Crippen molar-refractivity contribution in [1.82, 2.24) is 0 Å². The van der Waals surface area contributed by atoms with Gasteiger partial charge in [0.15, 0.2) is 0 Å². The smallest absolute Gasteiger partial charge is 0.324 e. The Morgan fingerprint density at radius 2 is 1.94 bits per heavy atom. The molecular formula is C9H6ClF4NO. The topological polar surface area (TPSA) is 29.1 Å². The van der Waals surface area contributed by atoms with Gasteiger partial charge in [0.25, 0.3) is 0 Å². The second kappa shape index (κ2) is 4.29. The Bertz CT molecular complexity index is 430. The molecule has 88 valence electrons. The van der Waals surface area contributed by atoms with Crippen molar-refractivity contribution in [2.45, 2.75) is 13.1 Å². The molecule has 1 aromatic carbocycles. The van der Waals surface area contributed by atoms with Gasteiger partial charge in [0, 0.05) is 6.92 Å². The molecule has 1 N–H and O–H groups in total. The lowest BCUT2D eigenvalue weighted by Crippen LogP contribution is -2.11. The normalized spacial score (nSPS) is 11.4. The van der Waals surface area contributed by atoms with Gasteiger partial charge in [-0.25, -0.2) is 4.39 Å².